The van der Waals surface area contributed by atoms with E-state index in [4.69, 9.17) is 0 Å². The summed E-state index contributed by atoms with van der Waals surface area (Å²) in [5.41, 5.74) is 1.02. The Morgan fingerprint density at radius 2 is 1.96 bits per heavy atom. The van der Waals surface area contributed by atoms with E-state index in [2.05, 4.69) is 16.9 Å². The molecule has 2 unspecified atom stereocenters. The molecule has 0 radical (unpaired) electrons. The molecule has 1 aliphatic heterocycles. The number of benzene rings is 1. The fourth-order valence-electron chi connectivity index (χ4n) is 2.83. The van der Waals surface area contributed by atoms with Crippen molar-refractivity contribution in [2.24, 2.45) is 15.9 Å². The number of thioether (sulfide) groups is 1. The minimum Gasteiger partial charge on any atom is -0.258 e. The van der Waals surface area contributed by atoms with Crippen molar-refractivity contribution in [2.45, 2.75) is 31.0 Å². The lowest BCUT2D eigenvalue weighted by atomic mass is 9.87. The average Bonchev–Trinajstić information content (AvgIpc) is 2.54. The van der Waals surface area contributed by atoms with E-state index >= 15 is 0 Å². The lowest BCUT2D eigenvalue weighted by molar-refractivity contribution is -0.0887. The second-order valence-electron chi connectivity index (χ2n) is 5.63. The topological polar surface area (TPSA) is 24.7 Å². The molecule has 2 nitrogen and oxygen atoms in total. The van der Waals surface area contributed by atoms with Crippen molar-refractivity contribution in [3.05, 3.63) is 53.6 Å². The monoisotopic (exact) mass is 350 g/mol. The predicted molar refractivity (Wildman–Crippen MR) is 93.0 cm³/mol. The summed E-state index contributed by atoms with van der Waals surface area (Å²) in [7, 11) is 0. The number of amidine groups is 1. The van der Waals surface area contributed by atoms with Crippen LogP contribution in [0.15, 0.2) is 62.9 Å². The average molecular weight is 350 g/mol. The predicted octanol–water partition coefficient (Wildman–Crippen LogP) is 5.06. The van der Waals surface area contributed by atoms with Gasteiger partial charge >= 0.3 is 6.18 Å². The van der Waals surface area contributed by atoms with Gasteiger partial charge in [0, 0.05) is 22.1 Å². The SMILES string of the molecule is CCSc1ccccc1C1=NC2C=C(C(F)(F)F)C=CC2C(C)=N1. The second kappa shape index (κ2) is 6.59. The number of halogens is 3. The Labute approximate surface area is 143 Å². The molecular weight excluding hydrogens is 333 g/mol. The first kappa shape index (κ1) is 17.0. The molecule has 0 N–H and O–H groups in total. The number of rotatable bonds is 3. The molecule has 0 saturated carbocycles. The summed E-state index contributed by atoms with van der Waals surface area (Å²) < 4.78 is 38.9. The fraction of sp³-hybridized carbons (Fsp3) is 0.333. The number of nitrogens with zero attached hydrogens (tertiary/aromatic N) is 2. The highest BCUT2D eigenvalue weighted by Crippen LogP contribution is 2.34. The maximum absolute atomic E-state index is 13.0. The quantitative estimate of drug-likeness (QED) is 0.699. The van der Waals surface area contributed by atoms with Crippen LogP contribution in [0.1, 0.15) is 19.4 Å². The van der Waals surface area contributed by atoms with Gasteiger partial charge in [0.05, 0.1) is 11.6 Å². The maximum Gasteiger partial charge on any atom is 0.416 e. The van der Waals surface area contributed by atoms with E-state index in [0.29, 0.717) is 5.84 Å². The minimum absolute atomic E-state index is 0.203. The Kier molecular flexibility index (Phi) is 4.67. The molecule has 0 bridgehead atoms. The Morgan fingerprint density at radius 3 is 2.67 bits per heavy atom. The summed E-state index contributed by atoms with van der Waals surface area (Å²) in [6.07, 6.45) is -0.463. The molecule has 2 aliphatic rings. The molecule has 0 aromatic heterocycles. The molecule has 1 aromatic carbocycles. The molecule has 24 heavy (non-hydrogen) atoms. The van der Waals surface area contributed by atoms with E-state index in [9.17, 15) is 13.2 Å². The molecule has 1 heterocycles. The Hall–Kier alpha value is -1.82. The largest absolute Gasteiger partial charge is 0.416 e. The third kappa shape index (κ3) is 3.34. The summed E-state index contributed by atoms with van der Waals surface area (Å²) in [4.78, 5) is 10.1. The smallest absolute Gasteiger partial charge is 0.258 e. The van der Waals surface area contributed by atoms with Gasteiger partial charge in [-0.3, -0.25) is 4.99 Å². The first-order valence-electron chi connectivity index (χ1n) is 7.72. The van der Waals surface area contributed by atoms with Gasteiger partial charge in [-0.1, -0.05) is 37.3 Å². The van der Waals surface area contributed by atoms with E-state index in [0.717, 1.165) is 28.0 Å². The third-order valence-electron chi connectivity index (χ3n) is 3.99. The summed E-state index contributed by atoms with van der Waals surface area (Å²) >= 11 is 1.67. The first-order valence-corrected chi connectivity index (χ1v) is 8.71. The van der Waals surface area contributed by atoms with Crippen molar-refractivity contribution in [1.82, 2.24) is 0 Å². The minimum atomic E-state index is -4.35. The van der Waals surface area contributed by atoms with Crippen LogP contribution in [-0.4, -0.2) is 29.5 Å². The Morgan fingerprint density at radius 1 is 1.21 bits per heavy atom. The fourth-order valence-corrected chi connectivity index (χ4v) is 3.63. The van der Waals surface area contributed by atoms with Gasteiger partial charge in [-0.2, -0.15) is 13.2 Å². The van der Waals surface area contributed by atoms with E-state index in [-0.39, 0.29) is 5.92 Å². The van der Waals surface area contributed by atoms with Crippen LogP contribution in [0, 0.1) is 5.92 Å². The van der Waals surface area contributed by atoms with Gasteiger partial charge in [0.15, 0.2) is 5.84 Å². The Bertz CT molecular complexity index is 760. The molecular formula is C18H17F3N2S. The van der Waals surface area contributed by atoms with E-state index in [1.165, 1.54) is 6.08 Å². The molecule has 1 aliphatic carbocycles. The zero-order valence-electron chi connectivity index (χ0n) is 13.3. The van der Waals surface area contributed by atoms with Gasteiger partial charge < -0.3 is 0 Å². The third-order valence-corrected chi connectivity index (χ3v) is 4.95. The summed E-state index contributed by atoms with van der Waals surface area (Å²) in [6, 6.07) is 7.18. The van der Waals surface area contributed by atoms with Crippen LogP contribution in [0.2, 0.25) is 0 Å². The molecule has 0 amide bonds. The van der Waals surface area contributed by atoms with Gasteiger partial charge in [-0.05, 0) is 24.8 Å². The highest BCUT2D eigenvalue weighted by Gasteiger charge is 2.37. The van der Waals surface area contributed by atoms with E-state index in [1.807, 2.05) is 31.2 Å². The lowest BCUT2D eigenvalue weighted by Crippen LogP contribution is -2.32. The van der Waals surface area contributed by atoms with Crippen molar-refractivity contribution in [2.75, 3.05) is 5.75 Å². The second-order valence-corrected chi connectivity index (χ2v) is 6.94. The van der Waals surface area contributed by atoms with Crippen molar-refractivity contribution in [1.29, 1.82) is 0 Å². The lowest BCUT2D eigenvalue weighted by Gasteiger charge is -2.28. The highest BCUT2D eigenvalue weighted by molar-refractivity contribution is 7.99. The number of hydrogen-bond acceptors (Lipinski definition) is 3. The molecule has 0 saturated heterocycles. The number of hydrogen-bond donors (Lipinski definition) is 0. The maximum atomic E-state index is 13.0. The van der Waals surface area contributed by atoms with Crippen LogP contribution in [0.5, 0.6) is 0 Å². The normalized spacial score (nSPS) is 23.3. The highest BCUT2D eigenvalue weighted by atomic mass is 32.2. The van der Waals surface area contributed by atoms with Crippen LogP contribution in [0.25, 0.3) is 0 Å². The molecule has 1 aromatic rings. The van der Waals surface area contributed by atoms with Crippen molar-refractivity contribution < 1.29 is 13.2 Å². The molecule has 6 heteroatoms. The van der Waals surface area contributed by atoms with E-state index in [1.54, 1.807) is 17.8 Å². The number of aliphatic imine (C=N–C) groups is 2. The van der Waals surface area contributed by atoms with Gasteiger partial charge in [0.25, 0.3) is 0 Å². The summed E-state index contributed by atoms with van der Waals surface area (Å²) in [5.74, 6) is 1.21. The molecule has 3 rings (SSSR count). The number of alkyl halides is 3. The zero-order valence-corrected chi connectivity index (χ0v) is 14.2. The van der Waals surface area contributed by atoms with Crippen molar-refractivity contribution in [3.8, 4) is 0 Å². The molecule has 0 spiro atoms. The van der Waals surface area contributed by atoms with Crippen LogP contribution in [0.4, 0.5) is 13.2 Å². The zero-order chi connectivity index (χ0) is 17.3. The summed E-state index contributed by atoms with van der Waals surface area (Å²) in [5, 5.41) is 0. The van der Waals surface area contributed by atoms with Crippen LogP contribution < -0.4 is 0 Å². The van der Waals surface area contributed by atoms with Gasteiger partial charge in [-0.15, -0.1) is 11.8 Å². The molecule has 126 valence electrons. The first-order chi connectivity index (χ1) is 11.4. The van der Waals surface area contributed by atoms with E-state index < -0.39 is 17.8 Å². The van der Waals surface area contributed by atoms with Crippen LogP contribution >= 0.6 is 11.8 Å². The van der Waals surface area contributed by atoms with Crippen LogP contribution in [-0.2, 0) is 0 Å². The van der Waals surface area contributed by atoms with Gasteiger partial charge in [-0.25, -0.2) is 4.99 Å². The van der Waals surface area contributed by atoms with Gasteiger partial charge in [0.1, 0.15) is 0 Å². The van der Waals surface area contributed by atoms with Crippen LogP contribution in [0.3, 0.4) is 0 Å². The number of allylic oxidation sites excluding steroid dienone is 2. The summed E-state index contributed by atoms with van der Waals surface area (Å²) in [6.45, 7) is 3.90. The molecule has 0 fully saturated rings. The van der Waals surface area contributed by atoms with Gasteiger partial charge in [0.2, 0.25) is 0 Å². The van der Waals surface area contributed by atoms with Crippen molar-refractivity contribution in [3.63, 3.8) is 0 Å². The molecule has 2 atom stereocenters. The van der Waals surface area contributed by atoms with Crippen molar-refractivity contribution >= 4 is 23.3 Å². The number of fused-ring (bicyclic) bond motifs is 1. The standard InChI is InChI=1S/C18H17F3N2S/c1-3-24-16-7-5-4-6-14(16)17-22-11(2)13-9-8-12(18(19,20)21)10-15(13)23-17/h4-10,13,15H,3H2,1-2H3. The Balaban J connectivity index is 2.01.